The number of hydrogen-bond donors (Lipinski definition) is 3. The maximum Gasteiger partial charge on any atom is 0.408 e. The van der Waals surface area contributed by atoms with Crippen LogP contribution < -0.4 is 5.32 Å². The summed E-state index contributed by atoms with van der Waals surface area (Å²) in [4.78, 5) is 22.7. The molecule has 6 nitrogen and oxygen atoms in total. The summed E-state index contributed by atoms with van der Waals surface area (Å²) < 4.78 is 18.2. The van der Waals surface area contributed by atoms with Gasteiger partial charge in [-0.15, -0.1) is 0 Å². The van der Waals surface area contributed by atoms with E-state index in [-0.39, 0.29) is 6.42 Å². The first-order valence-electron chi connectivity index (χ1n) is 5.62. The first kappa shape index (κ1) is 14.7. The molecule has 1 saturated carbocycles. The number of aliphatic hydroxyl groups excluding tert-OH is 1. The van der Waals surface area contributed by atoms with Crippen molar-refractivity contribution in [1.29, 1.82) is 0 Å². The summed E-state index contributed by atoms with van der Waals surface area (Å²) >= 11 is 0. The molecular weight excluding hydrogens is 245 g/mol. The van der Waals surface area contributed by atoms with E-state index in [4.69, 9.17) is 9.84 Å². The molecule has 1 rings (SSSR count). The SMILES string of the molecule is CC(C)(C)OC(=O)NC1(C(=O)O)CC(O)C(F)C1. The van der Waals surface area contributed by atoms with Gasteiger partial charge in [0.05, 0.1) is 6.10 Å². The Balaban J connectivity index is 2.77. The number of hydrogen-bond acceptors (Lipinski definition) is 4. The zero-order chi connectivity index (χ0) is 14.1. The summed E-state index contributed by atoms with van der Waals surface area (Å²) in [5.74, 6) is -1.38. The average Bonchev–Trinajstić information content (AvgIpc) is 2.39. The Bertz CT molecular complexity index is 342. The number of alkyl halides is 1. The van der Waals surface area contributed by atoms with Crippen LogP contribution in [-0.4, -0.2) is 45.7 Å². The summed E-state index contributed by atoms with van der Waals surface area (Å²) in [7, 11) is 0. The number of aliphatic hydroxyl groups is 1. The van der Waals surface area contributed by atoms with Crippen molar-refractivity contribution in [2.24, 2.45) is 0 Å². The standard InChI is InChI=1S/C11H18FNO5/c1-10(2,3)18-9(17)13-11(8(15)16)4-6(12)7(14)5-11/h6-7,14H,4-5H2,1-3H3,(H,13,17)(H,15,16). The molecule has 3 N–H and O–H groups in total. The summed E-state index contributed by atoms with van der Waals surface area (Å²) in [6.45, 7) is 4.88. The van der Waals surface area contributed by atoms with Gasteiger partial charge in [-0.25, -0.2) is 14.0 Å². The number of halogens is 1. The predicted octanol–water partition coefficient (Wildman–Crippen LogP) is 0.827. The molecule has 104 valence electrons. The van der Waals surface area contributed by atoms with Gasteiger partial charge in [0.25, 0.3) is 0 Å². The van der Waals surface area contributed by atoms with Crippen molar-refractivity contribution in [3.8, 4) is 0 Å². The van der Waals surface area contributed by atoms with Crippen LogP contribution in [0.5, 0.6) is 0 Å². The van der Waals surface area contributed by atoms with Crippen molar-refractivity contribution in [1.82, 2.24) is 5.32 Å². The van der Waals surface area contributed by atoms with Gasteiger partial charge in [-0.1, -0.05) is 0 Å². The fraction of sp³-hybridized carbons (Fsp3) is 0.818. The predicted molar refractivity (Wildman–Crippen MR) is 59.9 cm³/mol. The van der Waals surface area contributed by atoms with Gasteiger partial charge in [0.2, 0.25) is 0 Å². The molecular formula is C11H18FNO5. The lowest BCUT2D eigenvalue weighted by atomic mass is 9.98. The first-order chi connectivity index (χ1) is 8.06. The Kier molecular flexibility index (Phi) is 3.85. The van der Waals surface area contributed by atoms with Crippen LogP contribution in [0.1, 0.15) is 33.6 Å². The third kappa shape index (κ3) is 3.32. The molecule has 0 aromatic rings. The van der Waals surface area contributed by atoms with Crippen LogP contribution in [0.4, 0.5) is 9.18 Å². The van der Waals surface area contributed by atoms with Crippen molar-refractivity contribution in [2.75, 3.05) is 0 Å². The summed E-state index contributed by atoms with van der Waals surface area (Å²) in [5.41, 5.74) is -2.59. The van der Waals surface area contributed by atoms with Gasteiger partial charge in [0.15, 0.2) is 0 Å². The van der Waals surface area contributed by atoms with Gasteiger partial charge in [0.1, 0.15) is 17.3 Å². The van der Waals surface area contributed by atoms with Gasteiger partial charge in [-0.05, 0) is 20.8 Å². The van der Waals surface area contributed by atoms with Gasteiger partial charge in [0, 0.05) is 12.8 Å². The van der Waals surface area contributed by atoms with Gasteiger partial charge in [-0.2, -0.15) is 0 Å². The lowest BCUT2D eigenvalue weighted by molar-refractivity contribution is -0.145. The molecule has 0 aromatic heterocycles. The van der Waals surface area contributed by atoms with E-state index in [1.165, 1.54) is 0 Å². The van der Waals surface area contributed by atoms with Crippen LogP contribution in [0.15, 0.2) is 0 Å². The number of carbonyl (C=O) groups excluding carboxylic acids is 1. The molecule has 0 aliphatic heterocycles. The highest BCUT2D eigenvalue weighted by Crippen LogP contribution is 2.33. The minimum atomic E-state index is -1.80. The van der Waals surface area contributed by atoms with Crippen LogP contribution in [-0.2, 0) is 9.53 Å². The van der Waals surface area contributed by atoms with E-state index in [1.54, 1.807) is 20.8 Å². The Labute approximate surface area is 104 Å². The molecule has 18 heavy (non-hydrogen) atoms. The highest BCUT2D eigenvalue weighted by Gasteiger charge is 2.52. The van der Waals surface area contributed by atoms with Crippen LogP contribution >= 0.6 is 0 Å². The molecule has 0 aromatic carbocycles. The van der Waals surface area contributed by atoms with E-state index in [9.17, 15) is 19.1 Å². The summed E-state index contributed by atoms with van der Waals surface area (Å²) in [6.07, 6.45) is -4.84. The number of alkyl carbamates (subject to hydrolysis) is 1. The minimum Gasteiger partial charge on any atom is -0.479 e. The highest BCUT2D eigenvalue weighted by molar-refractivity contribution is 5.85. The third-order valence-electron chi connectivity index (χ3n) is 2.67. The third-order valence-corrected chi connectivity index (χ3v) is 2.67. The van der Waals surface area contributed by atoms with Gasteiger partial charge in [-0.3, -0.25) is 0 Å². The van der Waals surface area contributed by atoms with Crippen molar-refractivity contribution in [3.05, 3.63) is 0 Å². The molecule has 1 fully saturated rings. The van der Waals surface area contributed by atoms with Gasteiger partial charge >= 0.3 is 12.1 Å². The quantitative estimate of drug-likeness (QED) is 0.685. The molecule has 7 heteroatoms. The zero-order valence-corrected chi connectivity index (χ0v) is 10.6. The Hall–Kier alpha value is -1.37. The fourth-order valence-corrected chi connectivity index (χ4v) is 1.87. The number of aliphatic carboxylic acids is 1. The van der Waals surface area contributed by atoms with E-state index in [0.717, 1.165) is 0 Å². The van der Waals surface area contributed by atoms with Crippen molar-refractivity contribution < 1.29 is 28.9 Å². The molecule has 0 saturated heterocycles. The van der Waals surface area contributed by atoms with Crippen molar-refractivity contribution >= 4 is 12.1 Å². The van der Waals surface area contributed by atoms with E-state index in [0.29, 0.717) is 0 Å². The summed E-state index contributed by atoms with van der Waals surface area (Å²) in [6, 6.07) is 0. The largest absolute Gasteiger partial charge is 0.479 e. The number of carbonyl (C=O) groups is 2. The second-order valence-corrected chi connectivity index (χ2v) is 5.51. The lowest BCUT2D eigenvalue weighted by Gasteiger charge is -2.27. The van der Waals surface area contributed by atoms with Crippen LogP contribution in [0.3, 0.4) is 0 Å². The summed E-state index contributed by atoms with van der Waals surface area (Å²) in [5, 5.41) is 20.5. The lowest BCUT2D eigenvalue weighted by Crippen LogP contribution is -2.54. The Morgan fingerprint density at radius 1 is 1.39 bits per heavy atom. The fourth-order valence-electron chi connectivity index (χ4n) is 1.87. The number of rotatable bonds is 2. The van der Waals surface area contributed by atoms with Crippen LogP contribution in [0, 0.1) is 0 Å². The maximum atomic E-state index is 13.3. The molecule has 1 aliphatic carbocycles. The van der Waals surface area contributed by atoms with E-state index < -0.39 is 41.9 Å². The van der Waals surface area contributed by atoms with Crippen molar-refractivity contribution in [3.63, 3.8) is 0 Å². The smallest absolute Gasteiger partial charge is 0.408 e. The average molecular weight is 263 g/mol. The zero-order valence-electron chi connectivity index (χ0n) is 10.6. The second kappa shape index (κ2) is 4.72. The van der Waals surface area contributed by atoms with E-state index in [1.807, 2.05) is 0 Å². The molecule has 1 aliphatic rings. The molecule has 0 spiro atoms. The number of amides is 1. The first-order valence-corrected chi connectivity index (χ1v) is 5.62. The van der Waals surface area contributed by atoms with Crippen LogP contribution in [0.2, 0.25) is 0 Å². The Morgan fingerprint density at radius 3 is 2.28 bits per heavy atom. The molecule has 0 heterocycles. The second-order valence-electron chi connectivity index (χ2n) is 5.51. The van der Waals surface area contributed by atoms with Gasteiger partial charge < -0.3 is 20.3 Å². The van der Waals surface area contributed by atoms with Crippen LogP contribution in [0.25, 0.3) is 0 Å². The molecule has 0 radical (unpaired) electrons. The topological polar surface area (TPSA) is 95.9 Å². The number of carboxylic acid groups (broad SMARTS) is 1. The Morgan fingerprint density at radius 2 is 1.94 bits per heavy atom. The highest BCUT2D eigenvalue weighted by atomic mass is 19.1. The monoisotopic (exact) mass is 263 g/mol. The molecule has 0 bridgehead atoms. The van der Waals surface area contributed by atoms with E-state index >= 15 is 0 Å². The number of nitrogens with one attached hydrogen (secondary N) is 1. The molecule has 3 atom stereocenters. The molecule has 3 unspecified atom stereocenters. The molecule has 1 amide bonds. The maximum absolute atomic E-state index is 13.3. The number of carboxylic acids is 1. The normalized spacial score (nSPS) is 32.1. The van der Waals surface area contributed by atoms with Crippen molar-refractivity contribution in [2.45, 2.75) is 57.0 Å². The minimum absolute atomic E-state index is 0.372. The van der Waals surface area contributed by atoms with E-state index in [2.05, 4.69) is 5.32 Å². The number of ether oxygens (including phenoxy) is 1.